The van der Waals surface area contributed by atoms with Crippen molar-refractivity contribution in [1.82, 2.24) is 14.8 Å². The zero-order valence-corrected chi connectivity index (χ0v) is 11.7. The predicted molar refractivity (Wildman–Crippen MR) is 76.5 cm³/mol. The van der Waals surface area contributed by atoms with Gasteiger partial charge in [0.05, 0.1) is 11.1 Å². The van der Waals surface area contributed by atoms with Gasteiger partial charge < -0.3 is 14.8 Å². The van der Waals surface area contributed by atoms with Crippen molar-refractivity contribution < 1.29 is 14.0 Å². The smallest absolute Gasteiger partial charge is 0.256 e. The summed E-state index contributed by atoms with van der Waals surface area (Å²) in [6.07, 6.45) is 0.800. The molecule has 1 saturated heterocycles. The minimum Gasteiger partial charge on any atom is -0.356 e. The quantitative estimate of drug-likeness (QED) is 0.852. The van der Waals surface area contributed by atoms with Crippen molar-refractivity contribution in [1.29, 1.82) is 0 Å². The molecule has 21 heavy (non-hydrogen) atoms. The number of aryl methyl sites for hydroxylation is 1. The highest BCUT2D eigenvalue weighted by molar-refractivity contribution is 6.08. The number of halogens is 1. The Labute approximate surface area is 121 Å². The fourth-order valence-corrected chi connectivity index (χ4v) is 2.78. The number of nitrogens with one attached hydrogen (secondary N) is 1. The van der Waals surface area contributed by atoms with E-state index >= 15 is 0 Å². The Morgan fingerprint density at radius 1 is 1.29 bits per heavy atom. The van der Waals surface area contributed by atoms with E-state index in [4.69, 9.17) is 0 Å². The number of para-hydroxylation sites is 1. The average Bonchev–Trinajstić information content (AvgIpc) is 2.84. The lowest BCUT2D eigenvalue weighted by Gasteiger charge is -2.32. The van der Waals surface area contributed by atoms with Crippen LogP contribution in [0.25, 0.3) is 10.9 Å². The van der Waals surface area contributed by atoms with Crippen LogP contribution in [0.5, 0.6) is 0 Å². The maximum atomic E-state index is 13.8. The number of aromatic amines is 1. The Kier molecular flexibility index (Phi) is 3.37. The van der Waals surface area contributed by atoms with Crippen LogP contribution >= 0.6 is 0 Å². The molecule has 0 saturated carbocycles. The van der Waals surface area contributed by atoms with Crippen molar-refractivity contribution in [2.45, 2.75) is 6.92 Å². The fraction of sp³-hybridized carbons (Fsp3) is 0.333. The first-order valence-electron chi connectivity index (χ1n) is 6.87. The van der Waals surface area contributed by atoms with Gasteiger partial charge in [0, 0.05) is 37.3 Å². The van der Waals surface area contributed by atoms with E-state index in [1.807, 2.05) is 0 Å². The van der Waals surface area contributed by atoms with Crippen LogP contribution in [-0.2, 0) is 4.79 Å². The summed E-state index contributed by atoms with van der Waals surface area (Å²) in [5.41, 5.74) is 1.55. The Bertz CT molecular complexity index is 702. The van der Waals surface area contributed by atoms with Gasteiger partial charge in [0.1, 0.15) is 5.82 Å². The standard InChI is InChI=1S/C15H16FN3O2/c1-10-13(11-3-2-4-12(16)14(11)17-10)15(21)19-7-5-18(9-20)6-8-19/h2-4,9,17H,5-8H2,1H3. The van der Waals surface area contributed by atoms with Gasteiger partial charge in [-0.25, -0.2) is 4.39 Å². The fourth-order valence-electron chi connectivity index (χ4n) is 2.78. The number of H-pyrrole nitrogens is 1. The van der Waals surface area contributed by atoms with Gasteiger partial charge in [-0.2, -0.15) is 0 Å². The number of amides is 2. The van der Waals surface area contributed by atoms with Crippen LogP contribution in [0.1, 0.15) is 16.1 Å². The highest BCUT2D eigenvalue weighted by Gasteiger charge is 2.25. The van der Waals surface area contributed by atoms with Gasteiger partial charge in [-0.3, -0.25) is 9.59 Å². The van der Waals surface area contributed by atoms with Gasteiger partial charge in [-0.05, 0) is 13.0 Å². The number of rotatable bonds is 2. The van der Waals surface area contributed by atoms with E-state index in [9.17, 15) is 14.0 Å². The van der Waals surface area contributed by atoms with Crippen LogP contribution < -0.4 is 0 Å². The molecule has 0 radical (unpaired) electrons. The van der Waals surface area contributed by atoms with Crippen molar-refractivity contribution in [3.05, 3.63) is 35.3 Å². The normalized spacial score (nSPS) is 15.5. The van der Waals surface area contributed by atoms with Crippen LogP contribution in [0.15, 0.2) is 18.2 Å². The highest BCUT2D eigenvalue weighted by atomic mass is 19.1. The van der Waals surface area contributed by atoms with Gasteiger partial charge in [-0.1, -0.05) is 12.1 Å². The minimum atomic E-state index is -0.361. The predicted octanol–water partition coefficient (Wildman–Crippen LogP) is 1.53. The molecule has 2 amide bonds. The molecule has 6 heteroatoms. The van der Waals surface area contributed by atoms with Crippen molar-refractivity contribution in [3.63, 3.8) is 0 Å². The molecular weight excluding hydrogens is 273 g/mol. The monoisotopic (exact) mass is 289 g/mol. The van der Waals surface area contributed by atoms with E-state index in [2.05, 4.69) is 4.98 Å². The molecule has 0 aliphatic carbocycles. The second-order valence-electron chi connectivity index (χ2n) is 5.22. The summed E-state index contributed by atoms with van der Waals surface area (Å²) in [5, 5.41) is 0.607. The SMILES string of the molecule is Cc1[nH]c2c(F)cccc2c1C(=O)N1CCN(C=O)CC1. The second-order valence-corrected chi connectivity index (χ2v) is 5.22. The molecule has 0 bridgehead atoms. The zero-order valence-electron chi connectivity index (χ0n) is 11.7. The highest BCUT2D eigenvalue weighted by Crippen LogP contribution is 2.25. The van der Waals surface area contributed by atoms with Gasteiger partial charge in [-0.15, -0.1) is 0 Å². The molecule has 3 rings (SSSR count). The Morgan fingerprint density at radius 3 is 2.67 bits per heavy atom. The summed E-state index contributed by atoms with van der Waals surface area (Å²) in [7, 11) is 0. The molecule has 1 N–H and O–H groups in total. The largest absolute Gasteiger partial charge is 0.356 e. The molecule has 0 spiro atoms. The summed E-state index contributed by atoms with van der Waals surface area (Å²) >= 11 is 0. The molecule has 0 atom stereocenters. The van der Waals surface area contributed by atoms with Gasteiger partial charge in [0.25, 0.3) is 5.91 Å². The van der Waals surface area contributed by atoms with Crippen LogP contribution in [0.2, 0.25) is 0 Å². The summed E-state index contributed by atoms with van der Waals surface area (Å²) in [4.78, 5) is 29.7. The first kappa shape index (κ1) is 13.6. The van der Waals surface area contributed by atoms with Gasteiger partial charge in [0.15, 0.2) is 0 Å². The van der Waals surface area contributed by atoms with E-state index in [1.54, 1.807) is 28.9 Å². The van der Waals surface area contributed by atoms with Crippen LogP contribution in [0.3, 0.4) is 0 Å². The number of piperazine rings is 1. The molecule has 110 valence electrons. The lowest BCUT2D eigenvalue weighted by molar-refractivity contribution is -0.119. The third-order valence-corrected chi connectivity index (χ3v) is 3.93. The number of aromatic nitrogens is 1. The van der Waals surface area contributed by atoms with Gasteiger partial charge in [0.2, 0.25) is 6.41 Å². The average molecular weight is 289 g/mol. The van der Waals surface area contributed by atoms with E-state index in [0.29, 0.717) is 48.3 Å². The van der Waals surface area contributed by atoms with E-state index in [-0.39, 0.29) is 11.7 Å². The molecule has 2 aromatic rings. The van der Waals surface area contributed by atoms with Crippen molar-refractivity contribution in [2.75, 3.05) is 26.2 Å². The number of fused-ring (bicyclic) bond motifs is 1. The number of benzene rings is 1. The molecule has 5 nitrogen and oxygen atoms in total. The van der Waals surface area contributed by atoms with Gasteiger partial charge >= 0.3 is 0 Å². The number of carbonyl (C=O) groups excluding carboxylic acids is 2. The van der Waals surface area contributed by atoms with Crippen molar-refractivity contribution in [3.8, 4) is 0 Å². The molecule has 0 unspecified atom stereocenters. The number of hydrogen-bond acceptors (Lipinski definition) is 2. The Balaban J connectivity index is 1.94. The molecule has 1 aliphatic heterocycles. The number of hydrogen-bond donors (Lipinski definition) is 1. The van der Waals surface area contributed by atoms with Crippen molar-refractivity contribution in [2.24, 2.45) is 0 Å². The number of carbonyl (C=O) groups is 2. The summed E-state index contributed by atoms with van der Waals surface area (Å²) in [6, 6.07) is 4.72. The summed E-state index contributed by atoms with van der Waals surface area (Å²) in [5.74, 6) is -0.477. The van der Waals surface area contributed by atoms with Crippen LogP contribution in [0, 0.1) is 12.7 Å². The first-order valence-corrected chi connectivity index (χ1v) is 6.87. The topological polar surface area (TPSA) is 56.4 Å². The maximum absolute atomic E-state index is 13.8. The molecule has 1 fully saturated rings. The second kappa shape index (κ2) is 5.20. The lowest BCUT2D eigenvalue weighted by Crippen LogP contribution is -2.48. The van der Waals surface area contributed by atoms with Crippen LogP contribution in [0.4, 0.5) is 4.39 Å². The van der Waals surface area contributed by atoms with Crippen LogP contribution in [-0.4, -0.2) is 53.3 Å². The third-order valence-electron chi connectivity index (χ3n) is 3.93. The number of nitrogens with zero attached hydrogens (tertiary/aromatic N) is 2. The summed E-state index contributed by atoms with van der Waals surface area (Å²) in [6.45, 7) is 3.84. The Hall–Kier alpha value is -2.37. The lowest BCUT2D eigenvalue weighted by atomic mass is 10.1. The van der Waals surface area contributed by atoms with E-state index in [0.717, 1.165) is 6.41 Å². The van der Waals surface area contributed by atoms with Crippen molar-refractivity contribution >= 4 is 23.2 Å². The van der Waals surface area contributed by atoms with E-state index in [1.165, 1.54) is 6.07 Å². The molecule has 2 heterocycles. The Morgan fingerprint density at radius 2 is 2.00 bits per heavy atom. The molecular formula is C15H16FN3O2. The maximum Gasteiger partial charge on any atom is 0.256 e. The molecule has 1 aromatic carbocycles. The molecule has 1 aromatic heterocycles. The molecule has 1 aliphatic rings. The minimum absolute atomic E-state index is 0.116. The zero-order chi connectivity index (χ0) is 15.0. The summed E-state index contributed by atoms with van der Waals surface area (Å²) < 4.78 is 13.8. The third kappa shape index (κ3) is 2.26. The van der Waals surface area contributed by atoms with E-state index < -0.39 is 0 Å². The first-order chi connectivity index (χ1) is 10.1.